The fourth-order valence-corrected chi connectivity index (χ4v) is 8.52. The molecule has 0 unspecified atom stereocenters. The quantitative estimate of drug-likeness (QED) is 0.163. The van der Waals surface area contributed by atoms with E-state index in [4.69, 9.17) is 4.42 Å². The molecule has 3 heteroatoms. The molecule has 0 aliphatic carbocycles. The number of nitrogens with zero attached hydrogens (tertiary/aromatic N) is 2. The van der Waals surface area contributed by atoms with E-state index in [9.17, 15) is 0 Å². The van der Waals surface area contributed by atoms with E-state index in [1.807, 2.05) is 12.1 Å². The second kappa shape index (κ2) is 13.6. The van der Waals surface area contributed by atoms with E-state index < -0.39 is 0 Å². The van der Waals surface area contributed by atoms with Gasteiger partial charge in [-0.1, -0.05) is 140 Å². The van der Waals surface area contributed by atoms with Crippen molar-refractivity contribution in [2.75, 3.05) is 4.90 Å². The van der Waals surface area contributed by atoms with Gasteiger partial charge in [-0.05, 0) is 112 Å². The van der Waals surface area contributed by atoms with E-state index in [0.29, 0.717) is 0 Å². The first-order valence-corrected chi connectivity index (χ1v) is 19.4. The number of para-hydroxylation sites is 2. The van der Waals surface area contributed by atoms with Crippen molar-refractivity contribution in [3.63, 3.8) is 0 Å². The summed E-state index contributed by atoms with van der Waals surface area (Å²) >= 11 is 0. The maximum Gasteiger partial charge on any atom is 0.135 e. The highest BCUT2D eigenvalue weighted by atomic mass is 16.3. The Morgan fingerprint density at radius 2 is 0.895 bits per heavy atom. The molecule has 3 nitrogen and oxygen atoms in total. The van der Waals surface area contributed by atoms with Crippen LogP contribution in [0, 0.1) is 0 Å². The van der Waals surface area contributed by atoms with Crippen molar-refractivity contribution in [1.82, 2.24) is 4.57 Å². The fraction of sp³-hybridized carbons (Fsp3) is 0. The van der Waals surface area contributed by atoms with E-state index in [1.165, 1.54) is 49.7 Å². The van der Waals surface area contributed by atoms with E-state index in [-0.39, 0.29) is 0 Å². The number of fused-ring (bicyclic) bond motifs is 6. The van der Waals surface area contributed by atoms with E-state index >= 15 is 0 Å². The molecule has 0 aliphatic heterocycles. The van der Waals surface area contributed by atoms with Gasteiger partial charge in [-0.25, -0.2) is 0 Å². The third-order valence-electron chi connectivity index (χ3n) is 11.2. The predicted octanol–water partition coefficient (Wildman–Crippen LogP) is 15.2. The van der Waals surface area contributed by atoms with Gasteiger partial charge in [-0.2, -0.15) is 0 Å². The van der Waals surface area contributed by atoms with Crippen molar-refractivity contribution < 1.29 is 4.42 Å². The van der Waals surface area contributed by atoms with Gasteiger partial charge in [0.2, 0.25) is 0 Å². The van der Waals surface area contributed by atoms with Gasteiger partial charge in [-0.15, -0.1) is 0 Å². The van der Waals surface area contributed by atoms with Crippen LogP contribution in [0.15, 0.2) is 223 Å². The van der Waals surface area contributed by atoms with Crippen molar-refractivity contribution in [3.05, 3.63) is 218 Å². The molecule has 2 aromatic heterocycles. The average molecular weight is 729 g/mol. The maximum atomic E-state index is 6.28. The Hall–Kier alpha value is -7.62. The van der Waals surface area contributed by atoms with E-state index in [1.54, 1.807) is 0 Å². The molecule has 0 aliphatic rings. The molecule has 0 radical (unpaired) electrons. The van der Waals surface area contributed by atoms with E-state index in [2.05, 4.69) is 216 Å². The van der Waals surface area contributed by atoms with Crippen LogP contribution < -0.4 is 4.90 Å². The standard InChI is InChI=1S/C54H36N2O/c1-4-14-37(15-5-1)39-26-28-43(29-27-39)55(45-31-33-53-48(35-45)47-22-10-11-25-52(47)57-53)44-30-32-50-49(36-44)54-46(23-13-24-51(54)56(50)42-20-8-3-9-21-42)41-19-12-18-40(34-41)38-16-6-2-7-17-38/h1-36H. The summed E-state index contributed by atoms with van der Waals surface area (Å²) in [7, 11) is 0. The first kappa shape index (κ1) is 32.8. The molecular formula is C54H36N2O. The zero-order valence-corrected chi connectivity index (χ0v) is 31.1. The second-order valence-electron chi connectivity index (χ2n) is 14.5. The Labute approximate surface area is 330 Å². The lowest BCUT2D eigenvalue weighted by atomic mass is 9.95. The van der Waals surface area contributed by atoms with Gasteiger partial charge < -0.3 is 13.9 Å². The molecule has 0 bridgehead atoms. The summed E-state index contributed by atoms with van der Waals surface area (Å²) in [6.07, 6.45) is 0. The van der Waals surface area contributed by atoms with Gasteiger partial charge in [-0.3, -0.25) is 0 Å². The molecular weight excluding hydrogens is 693 g/mol. The Balaban J connectivity index is 1.15. The average Bonchev–Trinajstić information content (AvgIpc) is 3.83. The molecule has 0 saturated heterocycles. The summed E-state index contributed by atoms with van der Waals surface area (Å²) in [4.78, 5) is 2.37. The molecule has 9 aromatic carbocycles. The molecule has 0 saturated carbocycles. The van der Waals surface area contributed by atoms with Gasteiger partial charge in [0.25, 0.3) is 0 Å². The lowest BCUT2D eigenvalue weighted by molar-refractivity contribution is 0.669. The second-order valence-corrected chi connectivity index (χ2v) is 14.5. The van der Waals surface area contributed by atoms with Crippen molar-refractivity contribution in [2.45, 2.75) is 0 Å². The third kappa shape index (κ3) is 5.68. The SMILES string of the molecule is c1ccc(-c2ccc(N(c3ccc4oc5ccccc5c4c3)c3ccc4c(c3)c3c(-c5cccc(-c6ccccc6)c5)cccc3n4-c3ccccc3)cc2)cc1. The molecule has 11 rings (SSSR count). The largest absolute Gasteiger partial charge is 0.456 e. The Morgan fingerprint density at radius 1 is 0.333 bits per heavy atom. The third-order valence-corrected chi connectivity index (χ3v) is 11.2. The van der Waals surface area contributed by atoms with Gasteiger partial charge in [0.15, 0.2) is 0 Å². The van der Waals surface area contributed by atoms with Crippen molar-refractivity contribution in [3.8, 4) is 39.1 Å². The minimum Gasteiger partial charge on any atom is -0.456 e. The van der Waals surface area contributed by atoms with Crippen molar-refractivity contribution in [2.24, 2.45) is 0 Å². The van der Waals surface area contributed by atoms with Crippen LogP contribution in [0.1, 0.15) is 0 Å². The number of benzene rings is 9. The van der Waals surface area contributed by atoms with Crippen LogP contribution >= 0.6 is 0 Å². The highest BCUT2D eigenvalue weighted by Crippen LogP contribution is 2.44. The highest BCUT2D eigenvalue weighted by Gasteiger charge is 2.21. The van der Waals surface area contributed by atoms with Gasteiger partial charge >= 0.3 is 0 Å². The van der Waals surface area contributed by atoms with Crippen LogP contribution in [-0.4, -0.2) is 4.57 Å². The molecule has 0 amide bonds. The van der Waals surface area contributed by atoms with Crippen LogP contribution in [0.25, 0.3) is 82.8 Å². The zero-order chi connectivity index (χ0) is 37.7. The Kier molecular flexibility index (Phi) is 7.82. The minimum atomic E-state index is 0.878. The normalized spacial score (nSPS) is 11.5. The highest BCUT2D eigenvalue weighted by molar-refractivity contribution is 6.17. The molecule has 268 valence electrons. The number of hydrogen-bond acceptors (Lipinski definition) is 2. The van der Waals surface area contributed by atoms with Crippen LogP contribution in [-0.2, 0) is 0 Å². The molecule has 0 atom stereocenters. The number of hydrogen-bond donors (Lipinski definition) is 0. The van der Waals surface area contributed by atoms with Crippen molar-refractivity contribution >= 4 is 60.8 Å². The van der Waals surface area contributed by atoms with Crippen LogP contribution in [0.5, 0.6) is 0 Å². The summed E-state index contributed by atoms with van der Waals surface area (Å²) in [5.74, 6) is 0. The minimum absolute atomic E-state index is 0.878. The van der Waals surface area contributed by atoms with Gasteiger partial charge in [0.1, 0.15) is 11.2 Å². The summed E-state index contributed by atoms with van der Waals surface area (Å²) < 4.78 is 8.69. The van der Waals surface area contributed by atoms with Crippen molar-refractivity contribution in [1.29, 1.82) is 0 Å². The summed E-state index contributed by atoms with van der Waals surface area (Å²) in [6.45, 7) is 0. The summed E-state index contributed by atoms with van der Waals surface area (Å²) in [5, 5.41) is 4.61. The number of rotatable bonds is 7. The number of aromatic nitrogens is 1. The van der Waals surface area contributed by atoms with Crippen LogP contribution in [0.3, 0.4) is 0 Å². The van der Waals surface area contributed by atoms with Crippen LogP contribution in [0.2, 0.25) is 0 Å². The lowest BCUT2D eigenvalue weighted by Crippen LogP contribution is -2.09. The topological polar surface area (TPSA) is 21.3 Å². The molecule has 0 N–H and O–H groups in total. The molecule has 11 aromatic rings. The van der Waals surface area contributed by atoms with E-state index in [0.717, 1.165) is 50.2 Å². The first-order valence-electron chi connectivity index (χ1n) is 19.4. The molecule has 0 spiro atoms. The summed E-state index contributed by atoms with van der Waals surface area (Å²) in [6, 6.07) is 78.2. The fourth-order valence-electron chi connectivity index (χ4n) is 8.52. The molecule has 2 heterocycles. The Bertz CT molecular complexity index is 3220. The molecule has 57 heavy (non-hydrogen) atoms. The smallest absolute Gasteiger partial charge is 0.135 e. The van der Waals surface area contributed by atoms with Gasteiger partial charge in [0, 0.05) is 44.3 Å². The summed E-state index contributed by atoms with van der Waals surface area (Å²) in [5.41, 5.74) is 15.6. The lowest BCUT2D eigenvalue weighted by Gasteiger charge is -2.26. The monoisotopic (exact) mass is 728 g/mol. The predicted molar refractivity (Wildman–Crippen MR) is 239 cm³/mol. The van der Waals surface area contributed by atoms with Crippen LogP contribution in [0.4, 0.5) is 17.1 Å². The maximum absolute atomic E-state index is 6.28. The Morgan fingerprint density at radius 3 is 1.67 bits per heavy atom. The zero-order valence-electron chi connectivity index (χ0n) is 31.1. The first-order chi connectivity index (χ1) is 28.3. The molecule has 0 fully saturated rings. The number of anilines is 3. The van der Waals surface area contributed by atoms with Gasteiger partial charge in [0.05, 0.1) is 11.0 Å². The number of furan rings is 1.